The molecule has 6 heteroatoms. The molecule has 1 aromatic rings. The molecule has 1 unspecified atom stereocenters. The lowest BCUT2D eigenvalue weighted by molar-refractivity contribution is -0.0424. The fraction of sp³-hybridized carbons (Fsp3) is 0.615. The van der Waals surface area contributed by atoms with E-state index in [1.165, 1.54) is 4.68 Å². The third-order valence-corrected chi connectivity index (χ3v) is 4.00. The predicted octanol–water partition coefficient (Wildman–Crippen LogP) is 2.01. The summed E-state index contributed by atoms with van der Waals surface area (Å²) in [4.78, 5) is 14.4. The summed E-state index contributed by atoms with van der Waals surface area (Å²) < 4.78 is 6.97. The van der Waals surface area contributed by atoms with Crippen LogP contribution in [0.1, 0.15) is 31.9 Å². The molecular formula is C13H17ClN3O2. The number of rotatable bonds is 2. The van der Waals surface area contributed by atoms with Gasteiger partial charge < -0.3 is 9.64 Å². The summed E-state index contributed by atoms with van der Waals surface area (Å²) in [5, 5.41) is 4.50. The Bertz CT molecular complexity index is 505. The van der Waals surface area contributed by atoms with Crippen molar-refractivity contribution in [2.75, 3.05) is 24.6 Å². The van der Waals surface area contributed by atoms with Crippen LogP contribution in [0.2, 0.25) is 5.02 Å². The van der Waals surface area contributed by atoms with Crippen LogP contribution in [0.15, 0.2) is 11.0 Å². The Balaban J connectivity index is 1.91. The van der Waals surface area contributed by atoms with E-state index in [1.807, 2.05) is 0 Å². The van der Waals surface area contributed by atoms with Gasteiger partial charge in [-0.05, 0) is 32.1 Å². The molecule has 2 saturated heterocycles. The van der Waals surface area contributed by atoms with Gasteiger partial charge in [0.05, 0.1) is 11.9 Å². The largest absolute Gasteiger partial charge is 0.369 e. The molecule has 3 heterocycles. The van der Waals surface area contributed by atoms with Crippen LogP contribution in [-0.4, -0.2) is 29.5 Å². The lowest BCUT2D eigenvalue weighted by atomic mass is 10.2. The Hall–Kier alpha value is -1.07. The quantitative estimate of drug-likeness (QED) is 0.832. The van der Waals surface area contributed by atoms with Crippen molar-refractivity contribution < 1.29 is 4.74 Å². The summed E-state index contributed by atoms with van der Waals surface area (Å²) in [5.41, 5.74) is 0.477. The lowest BCUT2D eigenvalue weighted by Crippen LogP contribution is -2.33. The van der Waals surface area contributed by atoms with Crippen molar-refractivity contribution in [3.05, 3.63) is 28.0 Å². The minimum atomic E-state index is -0.266. The molecule has 2 fully saturated rings. The highest BCUT2D eigenvalue weighted by atomic mass is 35.5. The molecule has 1 atom stereocenters. The average Bonchev–Trinajstić information content (AvgIpc) is 2.97. The topological polar surface area (TPSA) is 47.4 Å². The first-order valence-electron chi connectivity index (χ1n) is 6.73. The van der Waals surface area contributed by atoms with Crippen LogP contribution in [0.5, 0.6) is 0 Å². The molecule has 5 nitrogen and oxygen atoms in total. The second-order valence-electron chi connectivity index (χ2n) is 4.94. The fourth-order valence-electron chi connectivity index (χ4n) is 2.58. The summed E-state index contributed by atoms with van der Waals surface area (Å²) in [6.07, 6.45) is 7.52. The summed E-state index contributed by atoms with van der Waals surface area (Å²) >= 11 is 6.21. The molecule has 2 aliphatic heterocycles. The Morgan fingerprint density at radius 2 is 2.32 bits per heavy atom. The smallest absolute Gasteiger partial charge is 0.290 e. The van der Waals surface area contributed by atoms with Crippen LogP contribution in [0.3, 0.4) is 0 Å². The van der Waals surface area contributed by atoms with Gasteiger partial charge in [0.2, 0.25) is 0 Å². The van der Waals surface area contributed by atoms with Gasteiger partial charge in [-0.25, -0.2) is 0 Å². The minimum absolute atomic E-state index is 0.250. The summed E-state index contributed by atoms with van der Waals surface area (Å²) in [6.45, 7) is 2.40. The molecular weight excluding hydrogens is 266 g/mol. The van der Waals surface area contributed by atoms with E-state index in [-0.39, 0.29) is 16.8 Å². The Morgan fingerprint density at radius 1 is 1.42 bits per heavy atom. The fourth-order valence-corrected chi connectivity index (χ4v) is 2.84. The first-order valence-corrected chi connectivity index (χ1v) is 7.10. The first kappa shape index (κ1) is 12.9. The normalized spacial score (nSPS) is 23.8. The molecule has 103 valence electrons. The van der Waals surface area contributed by atoms with Gasteiger partial charge in [-0.2, -0.15) is 9.78 Å². The van der Waals surface area contributed by atoms with E-state index in [1.54, 1.807) is 6.20 Å². The number of nitrogens with zero attached hydrogens (tertiary/aromatic N) is 3. The zero-order valence-electron chi connectivity index (χ0n) is 10.7. The van der Waals surface area contributed by atoms with Gasteiger partial charge in [0, 0.05) is 19.7 Å². The van der Waals surface area contributed by atoms with E-state index in [4.69, 9.17) is 16.3 Å². The van der Waals surface area contributed by atoms with Crippen LogP contribution >= 0.6 is 11.6 Å². The Labute approximate surface area is 117 Å². The second kappa shape index (κ2) is 5.51. The van der Waals surface area contributed by atoms with E-state index < -0.39 is 0 Å². The van der Waals surface area contributed by atoms with Crippen molar-refractivity contribution in [2.45, 2.75) is 31.9 Å². The van der Waals surface area contributed by atoms with E-state index in [0.717, 1.165) is 44.5 Å². The van der Waals surface area contributed by atoms with Gasteiger partial charge in [-0.3, -0.25) is 4.79 Å². The van der Waals surface area contributed by atoms with Gasteiger partial charge in [0.15, 0.2) is 6.23 Å². The number of hydrogen-bond acceptors (Lipinski definition) is 4. The van der Waals surface area contributed by atoms with Crippen molar-refractivity contribution in [1.29, 1.82) is 0 Å². The Kier molecular flexibility index (Phi) is 3.75. The predicted molar refractivity (Wildman–Crippen MR) is 73.5 cm³/mol. The maximum atomic E-state index is 12.3. The molecule has 0 saturated carbocycles. The maximum absolute atomic E-state index is 12.3. The number of anilines is 1. The van der Waals surface area contributed by atoms with E-state index in [9.17, 15) is 4.79 Å². The second-order valence-corrected chi connectivity index (χ2v) is 5.32. The number of aromatic nitrogens is 2. The van der Waals surface area contributed by atoms with Gasteiger partial charge in [-0.15, -0.1) is 0 Å². The molecule has 2 aliphatic rings. The maximum Gasteiger partial charge on any atom is 0.290 e. The Morgan fingerprint density at radius 3 is 3.00 bits per heavy atom. The zero-order chi connectivity index (χ0) is 13.2. The van der Waals surface area contributed by atoms with Crippen LogP contribution in [0.25, 0.3) is 0 Å². The van der Waals surface area contributed by atoms with Crippen LogP contribution < -0.4 is 10.5 Å². The SMILES string of the molecule is O=c1c(Cl)c(N2C[CH]CC2)cnn1C1CCCCO1. The zero-order valence-corrected chi connectivity index (χ0v) is 11.5. The van der Waals surface area contributed by atoms with E-state index >= 15 is 0 Å². The minimum Gasteiger partial charge on any atom is -0.369 e. The molecule has 19 heavy (non-hydrogen) atoms. The third kappa shape index (κ3) is 2.49. The number of ether oxygens (including phenoxy) is 1. The monoisotopic (exact) mass is 282 g/mol. The van der Waals surface area contributed by atoms with Crippen molar-refractivity contribution in [1.82, 2.24) is 9.78 Å². The van der Waals surface area contributed by atoms with Crippen LogP contribution in [0.4, 0.5) is 5.69 Å². The molecule has 0 amide bonds. The third-order valence-electron chi connectivity index (χ3n) is 3.65. The lowest BCUT2D eigenvalue weighted by Gasteiger charge is -2.25. The van der Waals surface area contributed by atoms with Crippen molar-refractivity contribution >= 4 is 17.3 Å². The first-order chi connectivity index (χ1) is 9.27. The summed E-state index contributed by atoms with van der Waals surface area (Å²) in [7, 11) is 0. The molecule has 0 N–H and O–H groups in total. The number of hydrogen-bond donors (Lipinski definition) is 0. The van der Waals surface area contributed by atoms with E-state index in [0.29, 0.717) is 6.61 Å². The highest BCUT2D eigenvalue weighted by Crippen LogP contribution is 2.26. The summed E-state index contributed by atoms with van der Waals surface area (Å²) in [6, 6.07) is 0. The summed E-state index contributed by atoms with van der Waals surface area (Å²) in [5.74, 6) is 0. The molecule has 1 radical (unpaired) electrons. The average molecular weight is 283 g/mol. The van der Waals surface area contributed by atoms with Crippen molar-refractivity contribution in [3.8, 4) is 0 Å². The molecule has 0 aromatic carbocycles. The highest BCUT2D eigenvalue weighted by molar-refractivity contribution is 6.33. The van der Waals surface area contributed by atoms with Crippen LogP contribution in [-0.2, 0) is 4.74 Å². The molecule has 0 spiro atoms. The van der Waals surface area contributed by atoms with Crippen molar-refractivity contribution in [2.24, 2.45) is 0 Å². The van der Waals surface area contributed by atoms with Crippen molar-refractivity contribution in [3.63, 3.8) is 0 Å². The molecule has 0 aliphatic carbocycles. The van der Waals surface area contributed by atoms with Gasteiger partial charge in [0.1, 0.15) is 5.02 Å². The van der Waals surface area contributed by atoms with Crippen LogP contribution in [0, 0.1) is 6.42 Å². The molecule has 3 rings (SSSR count). The standard InChI is InChI=1S/C13H17ClN3O2/c14-12-10(16-6-2-3-7-16)9-15-17(13(12)18)11-5-1-4-8-19-11/h2,9,11H,1,3-8H2. The van der Waals surface area contributed by atoms with E-state index in [2.05, 4.69) is 16.4 Å². The molecule has 0 bridgehead atoms. The molecule has 1 aromatic heterocycles. The number of halogens is 1. The van der Waals surface area contributed by atoms with Gasteiger partial charge in [-0.1, -0.05) is 11.6 Å². The highest BCUT2D eigenvalue weighted by Gasteiger charge is 2.23. The van der Waals surface area contributed by atoms with Gasteiger partial charge in [0.25, 0.3) is 5.56 Å². The van der Waals surface area contributed by atoms with Gasteiger partial charge >= 0.3 is 0 Å².